The largest absolute Gasteiger partial charge is 0.493 e. The summed E-state index contributed by atoms with van der Waals surface area (Å²) in [6.45, 7) is 7.90. The first-order valence-corrected chi connectivity index (χ1v) is 7.69. The van der Waals surface area contributed by atoms with Crippen molar-refractivity contribution < 1.29 is 4.74 Å². The van der Waals surface area contributed by atoms with Gasteiger partial charge < -0.3 is 10.1 Å². The topological polar surface area (TPSA) is 34.1 Å². The SMILES string of the molecule is CC(C)(C)COc1ccc(NCc2cnc(Cl)s2)cc1. The lowest BCUT2D eigenvalue weighted by atomic mass is 9.99. The molecule has 20 heavy (non-hydrogen) atoms. The van der Waals surface area contributed by atoms with E-state index in [1.54, 1.807) is 6.20 Å². The van der Waals surface area contributed by atoms with E-state index in [1.807, 2.05) is 24.3 Å². The fraction of sp³-hybridized carbons (Fsp3) is 0.400. The molecule has 5 heteroatoms. The number of nitrogens with one attached hydrogen (secondary N) is 1. The van der Waals surface area contributed by atoms with Gasteiger partial charge in [0, 0.05) is 16.8 Å². The minimum Gasteiger partial charge on any atom is -0.493 e. The molecular weight excluding hydrogens is 292 g/mol. The van der Waals surface area contributed by atoms with Gasteiger partial charge in [-0.3, -0.25) is 0 Å². The van der Waals surface area contributed by atoms with E-state index in [-0.39, 0.29) is 5.41 Å². The molecule has 3 nitrogen and oxygen atoms in total. The highest BCUT2D eigenvalue weighted by atomic mass is 35.5. The molecule has 1 aromatic carbocycles. The first kappa shape index (κ1) is 15.1. The van der Waals surface area contributed by atoms with E-state index in [0.29, 0.717) is 11.1 Å². The van der Waals surface area contributed by atoms with Gasteiger partial charge in [-0.2, -0.15) is 0 Å². The number of rotatable bonds is 5. The molecule has 0 bridgehead atoms. The van der Waals surface area contributed by atoms with Crippen molar-refractivity contribution in [2.45, 2.75) is 27.3 Å². The van der Waals surface area contributed by atoms with Crippen molar-refractivity contribution in [1.29, 1.82) is 0 Å². The van der Waals surface area contributed by atoms with E-state index in [1.165, 1.54) is 11.3 Å². The van der Waals surface area contributed by atoms with E-state index in [0.717, 1.165) is 22.9 Å². The number of nitrogens with zero attached hydrogens (tertiary/aromatic N) is 1. The lowest BCUT2D eigenvalue weighted by molar-refractivity contribution is 0.198. The van der Waals surface area contributed by atoms with E-state index < -0.39 is 0 Å². The Labute approximate surface area is 129 Å². The molecule has 1 heterocycles. The molecule has 0 radical (unpaired) electrons. The van der Waals surface area contributed by atoms with Crippen molar-refractivity contribution in [3.63, 3.8) is 0 Å². The van der Waals surface area contributed by atoms with Gasteiger partial charge >= 0.3 is 0 Å². The van der Waals surface area contributed by atoms with Crippen LogP contribution in [0.4, 0.5) is 5.69 Å². The van der Waals surface area contributed by atoms with Crippen molar-refractivity contribution in [2.24, 2.45) is 5.41 Å². The Morgan fingerprint density at radius 1 is 1.25 bits per heavy atom. The molecule has 2 aromatic rings. The van der Waals surface area contributed by atoms with E-state index in [4.69, 9.17) is 16.3 Å². The average molecular weight is 311 g/mol. The van der Waals surface area contributed by atoms with Crippen LogP contribution in [0.25, 0.3) is 0 Å². The second-order valence-electron chi connectivity index (χ2n) is 5.81. The summed E-state index contributed by atoms with van der Waals surface area (Å²) in [7, 11) is 0. The number of aromatic nitrogens is 1. The quantitative estimate of drug-likeness (QED) is 0.858. The van der Waals surface area contributed by atoms with Crippen LogP contribution in [-0.2, 0) is 6.54 Å². The fourth-order valence-corrected chi connectivity index (χ4v) is 2.44. The Hall–Kier alpha value is -1.26. The molecule has 0 spiro atoms. The Morgan fingerprint density at radius 3 is 2.50 bits per heavy atom. The van der Waals surface area contributed by atoms with Crippen LogP contribution in [0.1, 0.15) is 25.6 Å². The maximum absolute atomic E-state index is 5.80. The summed E-state index contributed by atoms with van der Waals surface area (Å²) < 4.78 is 6.31. The molecule has 108 valence electrons. The second kappa shape index (κ2) is 6.46. The van der Waals surface area contributed by atoms with E-state index in [9.17, 15) is 0 Å². The molecule has 0 unspecified atom stereocenters. The zero-order valence-corrected chi connectivity index (χ0v) is 13.5. The van der Waals surface area contributed by atoms with Gasteiger partial charge in [0.1, 0.15) is 5.75 Å². The number of thiazole rings is 1. The monoisotopic (exact) mass is 310 g/mol. The molecule has 2 rings (SSSR count). The average Bonchev–Trinajstić information content (AvgIpc) is 2.80. The van der Waals surface area contributed by atoms with Crippen LogP contribution in [0.5, 0.6) is 5.75 Å². The van der Waals surface area contributed by atoms with E-state index >= 15 is 0 Å². The number of hydrogen-bond donors (Lipinski definition) is 1. The molecule has 0 atom stereocenters. The second-order valence-corrected chi connectivity index (χ2v) is 7.50. The molecular formula is C15H19ClN2OS. The first-order chi connectivity index (χ1) is 9.42. The number of anilines is 1. The van der Waals surface area contributed by atoms with Crippen LogP contribution >= 0.6 is 22.9 Å². The molecule has 1 aromatic heterocycles. The number of ether oxygens (including phenoxy) is 1. The molecule has 0 saturated heterocycles. The van der Waals surface area contributed by atoms with Gasteiger partial charge in [0.15, 0.2) is 4.47 Å². The number of hydrogen-bond acceptors (Lipinski definition) is 4. The standard InChI is InChI=1S/C15H19ClN2OS/c1-15(2,3)10-19-12-6-4-11(5-7-12)17-8-13-9-18-14(16)20-13/h4-7,9,17H,8,10H2,1-3H3. The van der Waals surface area contributed by atoms with Crippen molar-refractivity contribution >= 4 is 28.6 Å². The summed E-state index contributed by atoms with van der Waals surface area (Å²) in [5, 5.41) is 3.33. The molecule has 0 aliphatic heterocycles. The molecule has 0 aliphatic carbocycles. The summed E-state index contributed by atoms with van der Waals surface area (Å²) in [5.74, 6) is 0.895. The van der Waals surface area contributed by atoms with Crippen LogP contribution in [0.15, 0.2) is 30.5 Å². The summed E-state index contributed by atoms with van der Waals surface area (Å²) in [6.07, 6.45) is 1.79. The van der Waals surface area contributed by atoms with E-state index in [2.05, 4.69) is 31.1 Å². The van der Waals surface area contributed by atoms with Gasteiger partial charge in [-0.25, -0.2) is 4.98 Å². The Kier molecular flexibility index (Phi) is 4.89. The minimum atomic E-state index is 0.169. The predicted octanol–water partition coefficient (Wildman–Crippen LogP) is 4.83. The Morgan fingerprint density at radius 2 is 1.95 bits per heavy atom. The first-order valence-electron chi connectivity index (χ1n) is 6.49. The normalized spacial score (nSPS) is 11.4. The van der Waals surface area contributed by atoms with Gasteiger partial charge in [-0.05, 0) is 29.7 Å². The van der Waals surface area contributed by atoms with Crippen LogP contribution in [-0.4, -0.2) is 11.6 Å². The van der Waals surface area contributed by atoms with Gasteiger partial charge in [0.05, 0.1) is 13.2 Å². The molecule has 0 aliphatic rings. The summed E-state index contributed by atoms with van der Waals surface area (Å²) in [4.78, 5) is 5.13. The third-order valence-electron chi connectivity index (χ3n) is 2.52. The van der Waals surface area contributed by atoms with Crippen LogP contribution < -0.4 is 10.1 Å². The van der Waals surface area contributed by atoms with Gasteiger partial charge in [-0.15, -0.1) is 11.3 Å². The highest BCUT2D eigenvalue weighted by molar-refractivity contribution is 7.15. The number of halogens is 1. The van der Waals surface area contributed by atoms with Crippen LogP contribution in [0, 0.1) is 5.41 Å². The zero-order chi connectivity index (χ0) is 14.6. The molecule has 0 amide bonds. The third kappa shape index (κ3) is 5.02. The predicted molar refractivity (Wildman–Crippen MR) is 85.8 cm³/mol. The minimum absolute atomic E-state index is 0.169. The fourth-order valence-electron chi connectivity index (χ4n) is 1.52. The summed E-state index contributed by atoms with van der Waals surface area (Å²) in [6, 6.07) is 7.99. The zero-order valence-electron chi connectivity index (χ0n) is 11.9. The smallest absolute Gasteiger partial charge is 0.183 e. The van der Waals surface area contributed by atoms with Gasteiger partial charge in [-0.1, -0.05) is 32.4 Å². The maximum atomic E-state index is 5.80. The highest BCUT2D eigenvalue weighted by Crippen LogP contribution is 2.22. The lowest BCUT2D eigenvalue weighted by Crippen LogP contribution is -2.16. The lowest BCUT2D eigenvalue weighted by Gasteiger charge is -2.18. The number of benzene rings is 1. The van der Waals surface area contributed by atoms with Crippen molar-refractivity contribution in [3.05, 3.63) is 39.8 Å². The Balaban J connectivity index is 1.85. The van der Waals surface area contributed by atoms with Crippen molar-refractivity contribution in [1.82, 2.24) is 4.98 Å². The third-order valence-corrected chi connectivity index (χ3v) is 3.63. The molecule has 1 N–H and O–H groups in total. The molecule has 0 saturated carbocycles. The Bertz CT molecular complexity index is 546. The van der Waals surface area contributed by atoms with Crippen molar-refractivity contribution in [3.8, 4) is 5.75 Å². The highest BCUT2D eigenvalue weighted by Gasteiger charge is 2.10. The summed E-state index contributed by atoms with van der Waals surface area (Å²) >= 11 is 7.29. The summed E-state index contributed by atoms with van der Waals surface area (Å²) in [5.41, 5.74) is 1.22. The van der Waals surface area contributed by atoms with Crippen LogP contribution in [0.2, 0.25) is 4.47 Å². The van der Waals surface area contributed by atoms with Gasteiger partial charge in [0.2, 0.25) is 0 Å². The van der Waals surface area contributed by atoms with Crippen molar-refractivity contribution in [2.75, 3.05) is 11.9 Å². The van der Waals surface area contributed by atoms with Gasteiger partial charge in [0.25, 0.3) is 0 Å². The van der Waals surface area contributed by atoms with Crippen LogP contribution in [0.3, 0.4) is 0 Å². The molecule has 0 fully saturated rings. The maximum Gasteiger partial charge on any atom is 0.183 e.